The van der Waals surface area contributed by atoms with E-state index in [1.807, 2.05) is 42.7 Å². The highest BCUT2D eigenvalue weighted by Gasteiger charge is 2.28. The van der Waals surface area contributed by atoms with Crippen LogP contribution in [-0.4, -0.2) is 57.2 Å². The third-order valence-electron chi connectivity index (χ3n) is 6.37. The smallest absolute Gasteiger partial charge is 0.323 e. The van der Waals surface area contributed by atoms with Crippen LogP contribution in [0.2, 0.25) is 0 Å². The highest BCUT2D eigenvalue weighted by molar-refractivity contribution is 5.81. The molecule has 0 amide bonds. The first-order valence-corrected chi connectivity index (χ1v) is 12.1. The molecule has 2 aromatic heterocycles. The molecular formula is C26H34N4O5. The van der Waals surface area contributed by atoms with Gasteiger partial charge in [-0.2, -0.15) is 0 Å². The van der Waals surface area contributed by atoms with Crippen LogP contribution in [0, 0.1) is 12.8 Å². The number of hydrogen-bond donors (Lipinski definition) is 2. The molecule has 9 heteroatoms. The maximum Gasteiger partial charge on any atom is 0.323 e. The minimum absolute atomic E-state index is 0.0310. The first-order chi connectivity index (χ1) is 16.8. The SMILES string of the molecule is Cc1cc(-c2nc3cc(CN[C@H](C(=O)O[C@@H]4CCOC4)C(C)C)ccc3n2CCO)cn(C)c1=O. The summed E-state index contributed by atoms with van der Waals surface area (Å²) in [5.41, 5.74) is 4.06. The van der Waals surface area contributed by atoms with Crippen molar-refractivity contribution in [3.63, 3.8) is 0 Å². The third-order valence-corrected chi connectivity index (χ3v) is 6.37. The zero-order valence-corrected chi connectivity index (χ0v) is 20.8. The number of ether oxygens (including phenoxy) is 2. The molecule has 3 heterocycles. The van der Waals surface area contributed by atoms with Crippen molar-refractivity contribution in [2.24, 2.45) is 13.0 Å². The summed E-state index contributed by atoms with van der Waals surface area (Å²) in [7, 11) is 1.72. The number of fused-ring (bicyclic) bond motifs is 1. The van der Waals surface area contributed by atoms with E-state index in [4.69, 9.17) is 14.5 Å². The molecular weight excluding hydrogens is 448 g/mol. The van der Waals surface area contributed by atoms with Gasteiger partial charge in [0.25, 0.3) is 5.56 Å². The number of aliphatic hydroxyl groups is 1. The number of aromatic nitrogens is 3. The number of hydrogen-bond acceptors (Lipinski definition) is 7. The van der Waals surface area contributed by atoms with Gasteiger partial charge in [-0.15, -0.1) is 0 Å². The molecule has 2 atom stereocenters. The van der Waals surface area contributed by atoms with Gasteiger partial charge in [-0.3, -0.25) is 9.59 Å². The Morgan fingerprint density at radius 2 is 2.14 bits per heavy atom. The number of carbonyl (C=O) groups excluding carboxylic acids is 1. The monoisotopic (exact) mass is 482 g/mol. The van der Waals surface area contributed by atoms with E-state index in [0.29, 0.717) is 37.7 Å². The molecule has 1 aliphatic heterocycles. The quantitative estimate of drug-likeness (QED) is 0.450. The van der Waals surface area contributed by atoms with Gasteiger partial charge in [0.2, 0.25) is 0 Å². The van der Waals surface area contributed by atoms with Crippen molar-refractivity contribution in [2.45, 2.75) is 52.4 Å². The van der Waals surface area contributed by atoms with Crippen molar-refractivity contribution in [1.29, 1.82) is 0 Å². The van der Waals surface area contributed by atoms with E-state index in [9.17, 15) is 14.7 Å². The molecule has 1 saturated heterocycles. The van der Waals surface area contributed by atoms with Gasteiger partial charge in [-0.1, -0.05) is 19.9 Å². The predicted molar refractivity (Wildman–Crippen MR) is 133 cm³/mol. The minimum Gasteiger partial charge on any atom is -0.459 e. The molecule has 1 aliphatic rings. The number of pyridine rings is 1. The topological polar surface area (TPSA) is 108 Å². The van der Waals surface area contributed by atoms with E-state index in [1.165, 1.54) is 0 Å². The van der Waals surface area contributed by atoms with Gasteiger partial charge in [-0.25, -0.2) is 4.98 Å². The van der Waals surface area contributed by atoms with E-state index in [1.54, 1.807) is 24.7 Å². The molecule has 0 aliphatic carbocycles. The Balaban J connectivity index is 1.58. The van der Waals surface area contributed by atoms with Crippen LogP contribution in [0.4, 0.5) is 0 Å². The average Bonchev–Trinajstić information content (AvgIpc) is 3.45. The molecule has 188 valence electrons. The maximum atomic E-state index is 12.7. The second-order valence-electron chi connectivity index (χ2n) is 9.49. The van der Waals surface area contributed by atoms with Gasteiger partial charge in [-0.05, 0) is 36.6 Å². The van der Waals surface area contributed by atoms with Crippen LogP contribution in [0.5, 0.6) is 0 Å². The summed E-state index contributed by atoms with van der Waals surface area (Å²) >= 11 is 0. The fourth-order valence-electron chi connectivity index (χ4n) is 4.49. The Morgan fingerprint density at radius 3 is 2.80 bits per heavy atom. The predicted octanol–water partition coefficient (Wildman–Crippen LogP) is 2.15. The van der Waals surface area contributed by atoms with E-state index in [-0.39, 0.29) is 30.2 Å². The van der Waals surface area contributed by atoms with Crippen LogP contribution in [0.15, 0.2) is 35.3 Å². The Hall–Kier alpha value is -3.01. The van der Waals surface area contributed by atoms with E-state index < -0.39 is 6.04 Å². The van der Waals surface area contributed by atoms with Crippen LogP contribution < -0.4 is 10.9 Å². The van der Waals surface area contributed by atoms with Crippen molar-refractivity contribution in [3.05, 3.63) is 51.9 Å². The number of aryl methyl sites for hydroxylation is 2. The van der Waals surface area contributed by atoms with Crippen LogP contribution >= 0.6 is 0 Å². The molecule has 4 rings (SSSR count). The summed E-state index contributed by atoms with van der Waals surface area (Å²) in [6, 6.07) is 7.36. The van der Waals surface area contributed by atoms with Crippen LogP contribution in [0.3, 0.4) is 0 Å². The summed E-state index contributed by atoms with van der Waals surface area (Å²) < 4.78 is 14.4. The summed E-state index contributed by atoms with van der Waals surface area (Å²) in [4.78, 5) is 29.7. The summed E-state index contributed by atoms with van der Waals surface area (Å²) in [6.45, 7) is 7.69. The molecule has 2 N–H and O–H groups in total. The van der Waals surface area contributed by atoms with E-state index in [2.05, 4.69) is 5.32 Å². The molecule has 0 radical (unpaired) electrons. The first kappa shape index (κ1) is 25.1. The normalized spacial score (nSPS) is 16.8. The molecule has 0 unspecified atom stereocenters. The molecule has 1 fully saturated rings. The molecule has 35 heavy (non-hydrogen) atoms. The van der Waals surface area contributed by atoms with Crippen molar-refractivity contribution in [1.82, 2.24) is 19.4 Å². The lowest BCUT2D eigenvalue weighted by Crippen LogP contribution is -2.43. The molecule has 3 aromatic rings. The largest absolute Gasteiger partial charge is 0.459 e. The number of esters is 1. The number of aliphatic hydroxyl groups excluding tert-OH is 1. The average molecular weight is 483 g/mol. The fourth-order valence-corrected chi connectivity index (χ4v) is 4.49. The maximum absolute atomic E-state index is 12.7. The second-order valence-corrected chi connectivity index (χ2v) is 9.49. The molecule has 9 nitrogen and oxygen atoms in total. The van der Waals surface area contributed by atoms with Gasteiger partial charge in [0.1, 0.15) is 18.0 Å². The van der Waals surface area contributed by atoms with Gasteiger partial charge in [0.15, 0.2) is 0 Å². The van der Waals surface area contributed by atoms with Gasteiger partial charge in [0.05, 0.1) is 30.9 Å². The highest BCUT2D eigenvalue weighted by Crippen LogP contribution is 2.26. The first-order valence-electron chi connectivity index (χ1n) is 12.1. The molecule has 1 aromatic carbocycles. The van der Waals surface area contributed by atoms with E-state index in [0.717, 1.165) is 28.6 Å². The van der Waals surface area contributed by atoms with E-state index >= 15 is 0 Å². The summed E-state index contributed by atoms with van der Waals surface area (Å²) in [5, 5.41) is 13.0. The number of benzene rings is 1. The Kier molecular flexibility index (Phi) is 7.69. The van der Waals surface area contributed by atoms with Crippen LogP contribution in [0.1, 0.15) is 31.4 Å². The minimum atomic E-state index is -0.428. The highest BCUT2D eigenvalue weighted by atomic mass is 16.6. The van der Waals surface area contributed by atoms with Crippen molar-refractivity contribution in [3.8, 4) is 11.4 Å². The number of nitrogens with one attached hydrogen (secondary N) is 1. The van der Waals surface area contributed by atoms with Crippen LogP contribution in [-0.2, 0) is 34.4 Å². The van der Waals surface area contributed by atoms with Crippen molar-refractivity contribution < 1.29 is 19.4 Å². The number of imidazole rings is 1. The van der Waals surface area contributed by atoms with Crippen LogP contribution in [0.25, 0.3) is 22.4 Å². The lowest BCUT2D eigenvalue weighted by Gasteiger charge is -2.22. The standard InChI is InChI=1S/C26H34N4O5/c1-16(2)23(26(33)35-20-7-10-34-15-20)27-13-18-5-6-22-21(12-18)28-24(30(22)8-9-31)19-11-17(3)25(32)29(4)14-19/h5-6,11-12,14,16,20,23,27,31H,7-10,13,15H2,1-4H3/t20-,23+/m1/s1. The van der Waals surface area contributed by atoms with Crippen molar-refractivity contribution in [2.75, 3.05) is 19.8 Å². The Morgan fingerprint density at radius 1 is 1.34 bits per heavy atom. The van der Waals surface area contributed by atoms with Gasteiger partial charge < -0.3 is 29.0 Å². The van der Waals surface area contributed by atoms with Crippen molar-refractivity contribution >= 4 is 17.0 Å². The molecule has 0 spiro atoms. The Labute approximate surface area is 204 Å². The Bertz CT molecular complexity index is 1230. The third kappa shape index (κ3) is 5.47. The van der Waals surface area contributed by atoms with Gasteiger partial charge >= 0.3 is 5.97 Å². The van der Waals surface area contributed by atoms with Gasteiger partial charge in [0, 0.05) is 43.9 Å². The zero-order chi connectivity index (χ0) is 25.1. The lowest BCUT2D eigenvalue weighted by molar-refractivity contribution is -0.152. The lowest BCUT2D eigenvalue weighted by atomic mass is 10.0. The summed E-state index contributed by atoms with van der Waals surface area (Å²) in [6.07, 6.45) is 2.33. The number of nitrogens with zero attached hydrogens (tertiary/aromatic N) is 3. The number of carbonyl (C=O) groups is 1. The molecule has 0 saturated carbocycles. The second kappa shape index (κ2) is 10.7. The molecule has 0 bridgehead atoms. The summed E-state index contributed by atoms with van der Waals surface area (Å²) in [5.74, 6) is 0.508. The zero-order valence-electron chi connectivity index (χ0n) is 20.8. The fraction of sp³-hybridized carbons (Fsp3) is 0.500. The number of rotatable bonds is 9.